The molecular weight excluding hydrogens is 212 g/mol. The molecule has 1 saturated heterocycles. The number of hydrogen-bond donors (Lipinski definition) is 2. The Balaban J connectivity index is 1.74. The third-order valence-corrected chi connectivity index (χ3v) is 4.30. The Labute approximate surface area is 103 Å². The maximum absolute atomic E-state index is 4.74. The highest BCUT2D eigenvalue weighted by molar-refractivity contribution is 5.04. The summed E-state index contributed by atoms with van der Waals surface area (Å²) in [5.41, 5.74) is 0. The molecule has 3 rings (SSSR count). The molecule has 4 heteroatoms. The molecule has 2 unspecified atom stereocenters. The Morgan fingerprint density at radius 1 is 1.12 bits per heavy atom. The summed E-state index contributed by atoms with van der Waals surface area (Å²) in [4.78, 5) is 4.74. The second-order valence-corrected chi connectivity index (χ2v) is 5.61. The molecule has 0 spiro atoms. The monoisotopic (exact) mass is 234 g/mol. The average molecular weight is 234 g/mol. The van der Waals surface area contributed by atoms with Gasteiger partial charge in [0.1, 0.15) is 5.82 Å². The molecule has 0 bridgehead atoms. The molecule has 2 fully saturated rings. The van der Waals surface area contributed by atoms with E-state index in [9.17, 15) is 0 Å². The van der Waals surface area contributed by atoms with E-state index in [0.717, 1.165) is 18.2 Å². The first kappa shape index (κ1) is 11.2. The predicted molar refractivity (Wildman–Crippen MR) is 66.7 cm³/mol. The number of H-pyrrole nitrogens is 1. The van der Waals surface area contributed by atoms with Gasteiger partial charge in [0, 0.05) is 5.92 Å². The van der Waals surface area contributed by atoms with Crippen molar-refractivity contribution in [1.82, 2.24) is 20.5 Å². The van der Waals surface area contributed by atoms with Gasteiger partial charge in [-0.1, -0.05) is 19.8 Å². The van der Waals surface area contributed by atoms with Gasteiger partial charge in [0.2, 0.25) is 0 Å². The van der Waals surface area contributed by atoms with E-state index >= 15 is 0 Å². The van der Waals surface area contributed by atoms with Crippen molar-refractivity contribution >= 4 is 0 Å². The third kappa shape index (κ3) is 2.23. The highest BCUT2D eigenvalue weighted by Crippen LogP contribution is 2.33. The third-order valence-electron chi connectivity index (χ3n) is 4.30. The molecule has 2 atom stereocenters. The topological polar surface area (TPSA) is 53.6 Å². The molecule has 1 aliphatic carbocycles. The van der Waals surface area contributed by atoms with Crippen LogP contribution in [0.25, 0.3) is 0 Å². The largest absolute Gasteiger partial charge is 0.307 e. The fraction of sp³-hybridized carbons (Fsp3) is 0.846. The molecule has 1 aromatic heterocycles. The molecule has 1 saturated carbocycles. The van der Waals surface area contributed by atoms with E-state index in [1.807, 2.05) is 0 Å². The first-order valence-corrected chi connectivity index (χ1v) is 7.00. The maximum Gasteiger partial charge on any atom is 0.153 e. The van der Waals surface area contributed by atoms with Crippen molar-refractivity contribution in [2.45, 2.75) is 57.4 Å². The van der Waals surface area contributed by atoms with Crippen LogP contribution in [-0.4, -0.2) is 21.7 Å². The van der Waals surface area contributed by atoms with Crippen molar-refractivity contribution in [1.29, 1.82) is 0 Å². The predicted octanol–water partition coefficient (Wildman–Crippen LogP) is 2.52. The fourth-order valence-corrected chi connectivity index (χ4v) is 3.21. The zero-order chi connectivity index (χ0) is 11.7. The summed E-state index contributed by atoms with van der Waals surface area (Å²) in [6, 6.07) is 0.381. The summed E-state index contributed by atoms with van der Waals surface area (Å²) in [5.74, 6) is 3.38. The molecule has 94 valence electrons. The van der Waals surface area contributed by atoms with E-state index in [0.29, 0.717) is 17.9 Å². The molecule has 0 radical (unpaired) electrons. The first-order valence-electron chi connectivity index (χ1n) is 7.00. The lowest BCUT2D eigenvalue weighted by molar-refractivity contribution is 0.295. The SMILES string of the molecule is CC1CCCNC1c1nc(C2CCCC2)n[nH]1. The van der Waals surface area contributed by atoms with Crippen LogP contribution in [0.4, 0.5) is 0 Å². The second-order valence-electron chi connectivity index (χ2n) is 5.61. The molecular formula is C13H22N4. The van der Waals surface area contributed by atoms with Crippen LogP contribution in [0.15, 0.2) is 0 Å². The van der Waals surface area contributed by atoms with Crippen molar-refractivity contribution in [3.63, 3.8) is 0 Å². The Kier molecular flexibility index (Phi) is 3.14. The summed E-state index contributed by atoms with van der Waals surface area (Å²) in [7, 11) is 0. The van der Waals surface area contributed by atoms with Crippen molar-refractivity contribution < 1.29 is 0 Å². The highest BCUT2D eigenvalue weighted by atomic mass is 15.2. The number of nitrogens with one attached hydrogen (secondary N) is 2. The molecule has 0 amide bonds. The summed E-state index contributed by atoms with van der Waals surface area (Å²) >= 11 is 0. The van der Waals surface area contributed by atoms with Gasteiger partial charge in [0.15, 0.2) is 5.82 Å². The van der Waals surface area contributed by atoms with Crippen LogP contribution in [-0.2, 0) is 0 Å². The lowest BCUT2D eigenvalue weighted by Gasteiger charge is -2.28. The Morgan fingerprint density at radius 2 is 1.94 bits per heavy atom. The fourth-order valence-electron chi connectivity index (χ4n) is 3.21. The Hall–Kier alpha value is -0.900. The summed E-state index contributed by atoms with van der Waals surface area (Å²) in [6.45, 7) is 3.41. The number of rotatable bonds is 2. The Morgan fingerprint density at radius 3 is 2.71 bits per heavy atom. The van der Waals surface area contributed by atoms with Crippen LogP contribution in [0.5, 0.6) is 0 Å². The maximum atomic E-state index is 4.74. The molecule has 0 aromatic carbocycles. The van der Waals surface area contributed by atoms with E-state index in [-0.39, 0.29) is 0 Å². The van der Waals surface area contributed by atoms with E-state index in [1.165, 1.54) is 38.5 Å². The first-order chi connectivity index (χ1) is 8.34. The standard InChI is InChI=1S/C13H22N4/c1-9-5-4-8-14-11(9)13-15-12(16-17-13)10-6-2-3-7-10/h9-11,14H,2-8H2,1H3,(H,15,16,17). The number of aromatic amines is 1. The number of nitrogens with zero attached hydrogens (tertiary/aromatic N) is 2. The smallest absolute Gasteiger partial charge is 0.153 e. The summed E-state index contributed by atoms with van der Waals surface area (Å²) in [6.07, 6.45) is 7.79. The van der Waals surface area contributed by atoms with Crippen molar-refractivity contribution in [2.24, 2.45) is 5.92 Å². The van der Waals surface area contributed by atoms with Gasteiger partial charge in [-0.05, 0) is 38.1 Å². The zero-order valence-electron chi connectivity index (χ0n) is 10.6. The molecule has 4 nitrogen and oxygen atoms in total. The number of aromatic nitrogens is 3. The highest BCUT2D eigenvalue weighted by Gasteiger charge is 2.27. The minimum Gasteiger partial charge on any atom is -0.307 e. The van der Waals surface area contributed by atoms with Gasteiger partial charge >= 0.3 is 0 Å². The molecule has 1 aliphatic heterocycles. The van der Waals surface area contributed by atoms with E-state index in [1.54, 1.807) is 0 Å². The van der Waals surface area contributed by atoms with Crippen molar-refractivity contribution in [2.75, 3.05) is 6.54 Å². The second kappa shape index (κ2) is 4.77. The lowest BCUT2D eigenvalue weighted by atomic mass is 9.92. The average Bonchev–Trinajstić information content (AvgIpc) is 3.00. The van der Waals surface area contributed by atoms with Crippen molar-refractivity contribution in [3.8, 4) is 0 Å². The van der Waals surface area contributed by atoms with Crippen molar-refractivity contribution in [3.05, 3.63) is 11.6 Å². The van der Waals surface area contributed by atoms with Crippen LogP contribution >= 0.6 is 0 Å². The quantitative estimate of drug-likeness (QED) is 0.826. The van der Waals surface area contributed by atoms with Gasteiger partial charge in [0.05, 0.1) is 6.04 Å². The van der Waals surface area contributed by atoms with Gasteiger partial charge in [0.25, 0.3) is 0 Å². The van der Waals surface area contributed by atoms with Gasteiger partial charge in [-0.15, -0.1) is 0 Å². The van der Waals surface area contributed by atoms with Crippen LogP contribution in [0.1, 0.15) is 69.1 Å². The molecule has 2 N–H and O–H groups in total. The Bertz CT molecular complexity index is 367. The van der Waals surface area contributed by atoms with E-state index < -0.39 is 0 Å². The lowest BCUT2D eigenvalue weighted by Crippen LogP contribution is -2.33. The van der Waals surface area contributed by atoms with E-state index in [2.05, 4.69) is 22.4 Å². The zero-order valence-corrected chi connectivity index (χ0v) is 10.6. The van der Waals surface area contributed by atoms with Gasteiger partial charge in [-0.25, -0.2) is 4.98 Å². The van der Waals surface area contributed by atoms with Gasteiger partial charge < -0.3 is 5.32 Å². The van der Waals surface area contributed by atoms with E-state index in [4.69, 9.17) is 4.98 Å². The summed E-state index contributed by atoms with van der Waals surface area (Å²) < 4.78 is 0. The molecule has 2 aliphatic rings. The van der Waals surface area contributed by atoms with Gasteiger partial charge in [-0.2, -0.15) is 5.10 Å². The van der Waals surface area contributed by atoms with Crippen LogP contribution in [0.2, 0.25) is 0 Å². The number of hydrogen-bond acceptors (Lipinski definition) is 3. The van der Waals surface area contributed by atoms with Crippen LogP contribution < -0.4 is 5.32 Å². The van der Waals surface area contributed by atoms with Crippen LogP contribution in [0, 0.1) is 5.92 Å². The molecule has 17 heavy (non-hydrogen) atoms. The number of piperidine rings is 1. The molecule has 2 heterocycles. The minimum atomic E-state index is 0.381. The molecule has 1 aromatic rings. The van der Waals surface area contributed by atoms with Crippen LogP contribution in [0.3, 0.4) is 0 Å². The van der Waals surface area contributed by atoms with Gasteiger partial charge in [-0.3, -0.25) is 5.10 Å². The minimum absolute atomic E-state index is 0.381. The normalized spacial score (nSPS) is 30.9. The summed E-state index contributed by atoms with van der Waals surface area (Å²) in [5, 5.41) is 11.1.